The van der Waals surface area contributed by atoms with E-state index in [4.69, 9.17) is 0 Å². The quantitative estimate of drug-likeness (QED) is 0.547. The Morgan fingerprint density at radius 3 is 2.70 bits per heavy atom. The molecule has 0 aliphatic heterocycles. The standard InChI is InChI=1S/C10H9/c1-2-8-7-9-5-3-4-6-10(8)9/h3-7H,1-2H2. The maximum atomic E-state index is 3.84. The molecule has 0 N–H and O–H groups in total. The van der Waals surface area contributed by atoms with Gasteiger partial charge in [-0.05, 0) is 30.0 Å². The lowest BCUT2D eigenvalue weighted by Gasteiger charge is -2.17. The van der Waals surface area contributed by atoms with Crippen LogP contribution in [0.5, 0.6) is 0 Å². The summed E-state index contributed by atoms with van der Waals surface area (Å²) < 4.78 is 0. The van der Waals surface area contributed by atoms with Crippen LogP contribution in [0.1, 0.15) is 17.5 Å². The third-order valence-electron chi connectivity index (χ3n) is 1.91. The first kappa shape index (κ1) is 5.72. The third-order valence-corrected chi connectivity index (χ3v) is 1.91. The molecule has 0 unspecified atom stereocenters. The smallest absolute Gasteiger partial charge is 0.0152 e. The Kier molecular flexibility index (Phi) is 1.13. The molecule has 10 heavy (non-hydrogen) atoms. The lowest BCUT2D eigenvalue weighted by Crippen LogP contribution is -1.96. The molecule has 0 saturated heterocycles. The molecule has 0 fully saturated rings. The van der Waals surface area contributed by atoms with Gasteiger partial charge in [0.2, 0.25) is 0 Å². The van der Waals surface area contributed by atoms with Crippen molar-refractivity contribution in [2.24, 2.45) is 0 Å². The summed E-state index contributed by atoms with van der Waals surface area (Å²) in [4.78, 5) is 0. The lowest BCUT2D eigenvalue weighted by atomic mass is 9.87. The van der Waals surface area contributed by atoms with Crippen molar-refractivity contribution in [3.8, 4) is 0 Å². The second-order valence-corrected chi connectivity index (χ2v) is 2.51. The summed E-state index contributed by atoms with van der Waals surface area (Å²) in [6.07, 6.45) is 3.11. The van der Waals surface area contributed by atoms with Crippen molar-refractivity contribution in [3.05, 3.63) is 42.3 Å². The molecule has 1 radical (unpaired) electrons. The predicted molar refractivity (Wildman–Crippen MR) is 44.3 cm³/mol. The van der Waals surface area contributed by atoms with Gasteiger partial charge in [-0.25, -0.2) is 0 Å². The molecule has 0 amide bonds. The van der Waals surface area contributed by atoms with Crippen LogP contribution in [0.2, 0.25) is 0 Å². The zero-order valence-electron chi connectivity index (χ0n) is 5.80. The molecule has 2 rings (SSSR count). The average molecular weight is 129 g/mol. The molecule has 0 saturated carbocycles. The van der Waals surface area contributed by atoms with Crippen LogP contribution in [0.15, 0.2) is 24.3 Å². The number of fused-ring (bicyclic) bond motifs is 1. The van der Waals surface area contributed by atoms with E-state index >= 15 is 0 Å². The molecule has 0 aromatic heterocycles. The van der Waals surface area contributed by atoms with Crippen molar-refractivity contribution >= 4 is 11.6 Å². The predicted octanol–water partition coefficient (Wildman–Crippen LogP) is 2.76. The van der Waals surface area contributed by atoms with E-state index in [1.54, 1.807) is 0 Å². The SMILES string of the molecule is [CH2]CC1=Cc2ccccc21. The molecule has 1 aliphatic carbocycles. The zero-order chi connectivity index (χ0) is 6.97. The van der Waals surface area contributed by atoms with E-state index in [0.717, 1.165) is 6.42 Å². The van der Waals surface area contributed by atoms with Crippen molar-refractivity contribution in [2.75, 3.05) is 0 Å². The molecule has 0 atom stereocenters. The summed E-state index contributed by atoms with van der Waals surface area (Å²) >= 11 is 0. The summed E-state index contributed by atoms with van der Waals surface area (Å²) in [6, 6.07) is 8.42. The van der Waals surface area contributed by atoms with Gasteiger partial charge in [0.25, 0.3) is 0 Å². The van der Waals surface area contributed by atoms with Gasteiger partial charge in [0.15, 0.2) is 0 Å². The van der Waals surface area contributed by atoms with E-state index in [1.807, 2.05) is 0 Å². The maximum absolute atomic E-state index is 3.84. The normalized spacial score (nSPS) is 13.5. The summed E-state index contributed by atoms with van der Waals surface area (Å²) in [5.74, 6) is 0. The molecule has 1 aromatic carbocycles. The van der Waals surface area contributed by atoms with Gasteiger partial charge in [-0.1, -0.05) is 30.3 Å². The van der Waals surface area contributed by atoms with E-state index in [-0.39, 0.29) is 0 Å². The van der Waals surface area contributed by atoms with E-state index < -0.39 is 0 Å². The molecule has 49 valence electrons. The van der Waals surface area contributed by atoms with Gasteiger partial charge in [0, 0.05) is 0 Å². The first-order chi connectivity index (χ1) is 4.92. The highest BCUT2D eigenvalue weighted by molar-refractivity contribution is 5.95. The van der Waals surface area contributed by atoms with Crippen molar-refractivity contribution < 1.29 is 0 Å². The van der Waals surface area contributed by atoms with Crippen LogP contribution in [-0.4, -0.2) is 0 Å². The van der Waals surface area contributed by atoms with Crippen LogP contribution >= 0.6 is 0 Å². The molecular formula is C10H9. The number of rotatable bonds is 1. The Bertz CT molecular complexity index is 282. The molecule has 0 spiro atoms. The topological polar surface area (TPSA) is 0 Å². The van der Waals surface area contributed by atoms with Gasteiger partial charge < -0.3 is 0 Å². The summed E-state index contributed by atoms with van der Waals surface area (Å²) in [5, 5.41) is 0. The molecule has 1 aromatic rings. The van der Waals surface area contributed by atoms with E-state index in [2.05, 4.69) is 37.3 Å². The average Bonchev–Trinajstić information content (AvgIpc) is 1.92. The number of benzene rings is 1. The fourth-order valence-corrected chi connectivity index (χ4v) is 1.31. The van der Waals surface area contributed by atoms with Crippen molar-refractivity contribution in [1.82, 2.24) is 0 Å². The lowest BCUT2D eigenvalue weighted by molar-refractivity contribution is 1.36. The molecule has 0 heteroatoms. The van der Waals surface area contributed by atoms with Gasteiger partial charge >= 0.3 is 0 Å². The van der Waals surface area contributed by atoms with Crippen LogP contribution < -0.4 is 0 Å². The van der Waals surface area contributed by atoms with Crippen molar-refractivity contribution in [1.29, 1.82) is 0 Å². The van der Waals surface area contributed by atoms with Gasteiger partial charge in [-0.3, -0.25) is 0 Å². The molecule has 0 bridgehead atoms. The Labute approximate surface area is 61.2 Å². The number of allylic oxidation sites excluding steroid dienone is 1. The Morgan fingerprint density at radius 2 is 2.00 bits per heavy atom. The van der Waals surface area contributed by atoms with Gasteiger partial charge in [0.1, 0.15) is 0 Å². The van der Waals surface area contributed by atoms with Gasteiger partial charge in [0.05, 0.1) is 0 Å². The highest BCUT2D eigenvalue weighted by Crippen LogP contribution is 2.33. The fraction of sp³-hybridized carbons (Fsp3) is 0.100. The monoisotopic (exact) mass is 129 g/mol. The largest absolute Gasteiger partial charge is 0.0616 e. The highest BCUT2D eigenvalue weighted by Gasteiger charge is 2.11. The fourth-order valence-electron chi connectivity index (χ4n) is 1.31. The van der Waals surface area contributed by atoms with E-state index in [1.165, 1.54) is 16.7 Å². The first-order valence-corrected chi connectivity index (χ1v) is 3.51. The number of hydrogen-bond donors (Lipinski definition) is 0. The highest BCUT2D eigenvalue weighted by atomic mass is 14.2. The van der Waals surface area contributed by atoms with Crippen LogP contribution in [-0.2, 0) is 0 Å². The Hall–Kier alpha value is -1.04. The number of hydrogen-bond acceptors (Lipinski definition) is 0. The molecule has 0 heterocycles. The summed E-state index contributed by atoms with van der Waals surface area (Å²) in [6.45, 7) is 3.84. The first-order valence-electron chi connectivity index (χ1n) is 3.51. The van der Waals surface area contributed by atoms with E-state index in [0.29, 0.717) is 0 Å². The van der Waals surface area contributed by atoms with Crippen molar-refractivity contribution in [2.45, 2.75) is 6.42 Å². The van der Waals surface area contributed by atoms with Crippen LogP contribution in [0.3, 0.4) is 0 Å². The maximum Gasteiger partial charge on any atom is -0.0152 e. The zero-order valence-corrected chi connectivity index (χ0v) is 5.80. The Morgan fingerprint density at radius 1 is 1.20 bits per heavy atom. The minimum Gasteiger partial charge on any atom is -0.0616 e. The summed E-state index contributed by atoms with van der Waals surface area (Å²) in [5.41, 5.74) is 4.13. The molecule has 0 nitrogen and oxygen atoms in total. The second-order valence-electron chi connectivity index (χ2n) is 2.51. The third kappa shape index (κ3) is 0.621. The van der Waals surface area contributed by atoms with Gasteiger partial charge in [-0.15, -0.1) is 0 Å². The van der Waals surface area contributed by atoms with Gasteiger partial charge in [-0.2, -0.15) is 0 Å². The minimum absolute atomic E-state index is 0.914. The Balaban J connectivity index is 2.43. The second kappa shape index (κ2) is 1.98. The van der Waals surface area contributed by atoms with E-state index in [9.17, 15) is 0 Å². The van der Waals surface area contributed by atoms with Crippen LogP contribution in [0.4, 0.5) is 0 Å². The van der Waals surface area contributed by atoms with Crippen LogP contribution in [0.25, 0.3) is 11.6 Å². The molecular weight excluding hydrogens is 120 g/mol. The van der Waals surface area contributed by atoms with Crippen molar-refractivity contribution in [3.63, 3.8) is 0 Å². The molecule has 1 aliphatic rings. The minimum atomic E-state index is 0.914. The summed E-state index contributed by atoms with van der Waals surface area (Å²) in [7, 11) is 0. The van der Waals surface area contributed by atoms with Crippen LogP contribution in [0, 0.1) is 6.92 Å².